The molecule has 1 fully saturated rings. The summed E-state index contributed by atoms with van der Waals surface area (Å²) in [4.78, 5) is 0. The van der Waals surface area contributed by atoms with Gasteiger partial charge in [0.15, 0.2) is 5.75 Å². The summed E-state index contributed by atoms with van der Waals surface area (Å²) in [5.41, 5.74) is 6.40. The molecule has 1 saturated carbocycles. The highest BCUT2D eigenvalue weighted by Crippen LogP contribution is 2.32. The minimum atomic E-state index is 0.601. The van der Waals surface area contributed by atoms with E-state index in [0.717, 1.165) is 18.9 Å². The number of halogens is 1. The molecule has 2 nitrogen and oxygen atoms in total. The molecule has 1 aliphatic rings. The molecule has 2 N–H and O–H groups in total. The van der Waals surface area contributed by atoms with E-state index in [0.29, 0.717) is 16.5 Å². The number of nitrogen functional groups attached to an aromatic ring is 1. The van der Waals surface area contributed by atoms with Crippen LogP contribution in [0.5, 0.6) is 5.75 Å². The van der Waals surface area contributed by atoms with Gasteiger partial charge in [-0.2, -0.15) is 0 Å². The van der Waals surface area contributed by atoms with Crippen LogP contribution in [0, 0.1) is 5.92 Å². The molecule has 0 aliphatic heterocycles. The van der Waals surface area contributed by atoms with Crippen molar-refractivity contribution in [3.05, 3.63) is 23.2 Å². The molecule has 3 heteroatoms. The Balaban J connectivity index is 1.86. The van der Waals surface area contributed by atoms with E-state index < -0.39 is 0 Å². The second kappa shape index (κ2) is 4.75. The summed E-state index contributed by atoms with van der Waals surface area (Å²) in [6, 6.07) is 5.44. The van der Waals surface area contributed by atoms with Gasteiger partial charge in [-0.25, -0.2) is 0 Å². The van der Waals surface area contributed by atoms with Gasteiger partial charge in [0.2, 0.25) is 0 Å². The van der Waals surface area contributed by atoms with Crippen LogP contribution in [0.15, 0.2) is 18.2 Å². The highest BCUT2D eigenvalue weighted by molar-refractivity contribution is 6.32. The van der Waals surface area contributed by atoms with Gasteiger partial charge in [0.05, 0.1) is 17.3 Å². The highest BCUT2D eigenvalue weighted by Gasteiger charge is 2.17. The van der Waals surface area contributed by atoms with Gasteiger partial charge < -0.3 is 10.5 Å². The van der Waals surface area contributed by atoms with Crippen LogP contribution in [0.2, 0.25) is 5.02 Å². The van der Waals surface area contributed by atoms with Crippen LogP contribution in [0.4, 0.5) is 5.69 Å². The first-order chi connectivity index (χ1) is 7.27. The zero-order valence-corrected chi connectivity index (χ0v) is 9.46. The summed E-state index contributed by atoms with van der Waals surface area (Å²) in [6.07, 6.45) is 5.19. The quantitative estimate of drug-likeness (QED) is 0.797. The average Bonchev–Trinajstić information content (AvgIpc) is 2.13. The third kappa shape index (κ3) is 2.57. The maximum Gasteiger partial charge on any atom is 0.160 e. The first-order valence-electron chi connectivity index (χ1n) is 5.44. The maximum atomic E-state index is 5.99. The van der Waals surface area contributed by atoms with E-state index in [9.17, 15) is 0 Å². The Kier molecular flexibility index (Phi) is 3.37. The zero-order valence-electron chi connectivity index (χ0n) is 8.71. The molecule has 1 aliphatic carbocycles. The van der Waals surface area contributed by atoms with Crippen molar-refractivity contribution in [2.24, 2.45) is 5.92 Å². The zero-order chi connectivity index (χ0) is 10.7. The summed E-state index contributed by atoms with van der Waals surface area (Å²) in [7, 11) is 0. The molecule has 2 rings (SSSR count). The number of anilines is 1. The van der Waals surface area contributed by atoms with Crippen molar-refractivity contribution in [1.29, 1.82) is 0 Å². The second-order valence-electron chi connectivity index (χ2n) is 4.09. The van der Waals surface area contributed by atoms with Gasteiger partial charge in [0.25, 0.3) is 0 Å². The lowest BCUT2D eigenvalue weighted by atomic mass is 9.83. The van der Waals surface area contributed by atoms with Crippen molar-refractivity contribution in [3.8, 4) is 5.75 Å². The van der Waals surface area contributed by atoms with Gasteiger partial charge in [-0.1, -0.05) is 36.9 Å². The molecule has 0 bridgehead atoms. The molecular weight excluding hydrogens is 210 g/mol. The van der Waals surface area contributed by atoms with Crippen LogP contribution in [-0.4, -0.2) is 6.61 Å². The van der Waals surface area contributed by atoms with Crippen LogP contribution < -0.4 is 10.5 Å². The summed E-state index contributed by atoms with van der Waals surface area (Å²) >= 11 is 5.99. The normalized spacial score (nSPS) is 16.1. The molecule has 1 aromatic rings. The fourth-order valence-corrected chi connectivity index (χ4v) is 2.02. The Labute approximate surface area is 95.4 Å². The standard InChI is InChI=1S/C12H16ClNO/c13-10-5-2-6-11(14)12(10)15-8-7-9-3-1-4-9/h2,5-6,9H,1,3-4,7-8,14H2. The van der Waals surface area contributed by atoms with Crippen LogP contribution in [0.3, 0.4) is 0 Å². The van der Waals surface area contributed by atoms with Gasteiger partial charge in [-0.05, 0) is 24.5 Å². The number of para-hydroxylation sites is 1. The maximum absolute atomic E-state index is 5.99. The average molecular weight is 226 g/mol. The van der Waals surface area contributed by atoms with Crippen molar-refractivity contribution in [3.63, 3.8) is 0 Å². The first-order valence-corrected chi connectivity index (χ1v) is 5.82. The van der Waals surface area contributed by atoms with E-state index in [1.165, 1.54) is 19.3 Å². The number of nitrogens with two attached hydrogens (primary N) is 1. The molecule has 0 spiro atoms. The van der Waals surface area contributed by atoms with E-state index >= 15 is 0 Å². The van der Waals surface area contributed by atoms with Gasteiger partial charge in [0.1, 0.15) is 0 Å². The fourth-order valence-electron chi connectivity index (χ4n) is 1.79. The number of hydrogen-bond donors (Lipinski definition) is 1. The Morgan fingerprint density at radius 3 is 2.80 bits per heavy atom. The van der Waals surface area contributed by atoms with Gasteiger partial charge in [-0.15, -0.1) is 0 Å². The molecule has 0 unspecified atom stereocenters. The van der Waals surface area contributed by atoms with Gasteiger partial charge in [-0.3, -0.25) is 0 Å². The largest absolute Gasteiger partial charge is 0.490 e. The predicted molar refractivity (Wildman–Crippen MR) is 63.3 cm³/mol. The van der Waals surface area contributed by atoms with Crippen LogP contribution in [-0.2, 0) is 0 Å². The van der Waals surface area contributed by atoms with Crippen molar-refractivity contribution in [2.45, 2.75) is 25.7 Å². The van der Waals surface area contributed by atoms with Gasteiger partial charge in [0, 0.05) is 0 Å². The third-order valence-electron chi connectivity index (χ3n) is 2.99. The predicted octanol–water partition coefficient (Wildman–Crippen LogP) is 3.49. The Hall–Kier alpha value is -0.890. The van der Waals surface area contributed by atoms with Crippen molar-refractivity contribution in [2.75, 3.05) is 12.3 Å². The SMILES string of the molecule is Nc1cccc(Cl)c1OCCC1CCC1. The number of benzene rings is 1. The van der Waals surface area contributed by atoms with Crippen LogP contribution >= 0.6 is 11.6 Å². The first kappa shape index (κ1) is 10.6. The van der Waals surface area contributed by atoms with E-state index in [4.69, 9.17) is 22.1 Å². The molecule has 0 radical (unpaired) electrons. The Bertz CT molecular complexity index is 316. The molecule has 0 aromatic heterocycles. The molecule has 0 atom stereocenters. The van der Waals surface area contributed by atoms with E-state index in [1.807, 2.05) is 12.1 Å². The van der Waals surface area contributed by atoms with Crippen molar-refractivity contribution >= 4 is 17.3 Å². The Morgan fingerprint density at radius 1 is 1.40 bits per heavy atom. The monoisotopic (exact) mass is 225 g/mol. The van der Waals surface area contributed by atoms with Crippen LogP contribution in [0.1, 0.15) is 25.7 Å². The molecule has 0 saturated heterocycles. The topological polar surface area (TPSA) is 35.2 Å². The number of ether oxygens (including phenoxy) is 1. The van der Waals surface area contributed by atoms with E-state index in [2.05, 4.69) is 0 Å². The fraction of sp³-hybridized carbons (Fsp3) is 0.500. The molecule has 1 aromatic carbocycles. The highest BCUT2D eigenvalue weighted by atomic mass is 35.5. The summed E-state index contributed by atoms with van der Waals surface area (Å²) in [5, 5.41) is 0.601. The molecule has 0 heterocycles. The summed E-state index contributed by atoms with van der Waals surface area (Å²) in [5.74, 6) is 1.49. The van der Waals surface area contributed by atoms with Crippen molar-refractivity contribution < 1.29 is 4.74 Å². The third-order valence-corrected chi connectivity index (χ3v) is 3.29. The smallest absolute Gasteiger partial charge is 0.160 e. The summed E-state index contributed by atoms with van der Waals surface area (Å²) < 4.78 is 5.62. The lowest BCUT2D eigenvalue weighted by Crippen LogP contribution is -2.14. The lowest BCUT2D eigenvalue weighted by Gasteiger charge is -2.25. The second-order valence-corrected chi connectivity index (χ2v) is 4.50. The Morgan fingerprint density at radius 2 is 2.20 bits per heavy atom. The minimum absolute atomic E-state index is 0.601. The molecule has 15 heavy (non-hydrogen) atoms. The number of hydrogen-bond acceptors (Lipinski definition) is 2. The van der Waals surface area contributed by atoms with Crippen molar-refractivity contribution in [1.82, 2.24) is 0 Å². The lowest BCUT2D eigenvalue weighted by molar-refractivity contribution is 0.223. The molecular formula is C12H16ClNO. The molecule has 82 valence electrons. The molecule has 0 amide bonds. The minimum Gasteiger partial charge on any atom is -0.490 e. The summed E-state index contributed by atoms with van der Waals surface area (Å²) in [6.45, 7) is 0.721. The van der Waals surface area contributed by atoms with E-state index in [1.54, 1.807) is 6.07 Å². The van der Waals surface area contributed by atoms with Crippen LogP contribution in [0.25, 0.3) is 0 Å². The van der Waals surface area contributed by atoms with Gasteiger partial charge >= 0.3 is 0 Å². The number of rotatable bonds is 4. The van der Waals surface area contributed by atoms with E-state index in [-0.39, 0.29) is 0 Å².